The highest BCUT2D eigenvalue weighted by Crippen LogP contribution is 2.43. The molecule has 0 aliphatic rings. The molecule has 5 heteroatoms. The molecule has 54 heavy (non-hydrogen) atoms. The third kappa shape index (κ3) is 4.83. The normalized spacial score (nSPS) is 11.7. The molecular formula is C49H30N4O. The third-order valence-electron chi connectivity index (χ3n) is 10.4. The molecule has 11 rings (SSSR count). The van der Waals surface area contributed by atoms with Crippen molar-refractivity contribution in [1.29, 1.82) is 0 Å². The number of para-hydroxylation sites is 2. The Hall–Kier alpha value is -7.37. The van der Waals surface area contributed by atoms with Gasteiger partial charge < -0.3 is 8.98 Å². The van der Waals surface area contributed by atoms with E-state index in [0.29, 0.717) is 17.5 Å². The summed E-state index contributed by atoms with van der Waals surface area (Å²) in [5.74, 6) is 1.82. The number of benzene rings is 8. The van der Waals surface area contributed by atoms with Crippen molar-refractivity contribution in [2.45, 2.75) is 0 Å². The van der Waals surface area contributed by atoms with Crippen LogP contribution in [0.5, 0.6) is 0 Å². The Kier molecular flexibility index (Phi) is 6.79. The quantitative estimate of drug-likeness (QED) is 0.180. The number of hydrogen-bond acceptors (Lipinski definition) is 4. The minimum Gasteiger partial charge on any atom is -0.455 e. The third-order valence-corrected chi connectivity index (χ3v) is 10.4. The Labute approximate surface area is 310 Å². The molecule has 0 saturated heterocycles. The van der Waals surface area contributed by atoms with E-state index in [-0.39, 0.29) is 0 Å². The lowest BCUT2D eigenvalue weighted by molar-refractivity contribution is 0.670. The number of hydrogen-bond donors (Lipinski definition) is 0. The van der Waals surface area contributed by atoms with Gasteiger partial charge >= 0.3 is 0 Å². The van der Waals surface area contributed by atoms with Crippen LogP contribution < -0.4 is 0 Å². The molecule has 0 amide bonds. The monoisotopic (exact) mass is 690 g/mol. The van der Waals surface area contributed by atoms with Gasteiger partial charge in [0.2, 0.25) is 0 Å². The van der Waals surface area contributed by atoms with Gasteiger partial charge in [0.05, 0.1) is 11.0 Å². The number of furan rings is 1. The highest BCUT2D eigenvalue weighted by atomic mass is 16.3. The standard InChI is InChI=1S/C49H30N4O/c1-3-15-32(16-4-1)40-29-36(53-42-23-11-9-20-37(42)38-21-10-12-24-43(38)53)30-41-45-39(22-13-25-44(45)54-46(40)41)49-51-47(33-17-5-2-6-18-33)50-48(52-49)35-27-26-31-14-7-8-19-34(31)28-35/h1-30H. The van der Waals surface area contributed by atoms with E-state index in [1.54, 1.807) is 0 Å². The highest BCUT2D eigenvalue weighted by Gasteiger charge is 2.22. The second-order valence-corrected chi connectivity index (χ2v) is 13.6. The molecule has 0 spiro atoms. The topological polar surface area (TPSA) is 56.7 Å². The van der Waals surface area contributed by atoms with Crippen LogP contribution in [0.3, 0.4) is 0 Å². The molecular weight excluding hydrogens is 661 g/mol. The molecule has 5 nitrogen and oxygen atoms in total. The van der Waals surface area contributed by atoms with E-state index < -0.39 is 0 Å². The number of aromatic nitrogens is 4. The summed E-state index contributed by atoms with van der Waals surface area (Å²) in [5.41, 5.74) is 9.77. The molecule has 0 unspecified atom stereocenters. The van der Waals surface area contributed by atoms with Crippen molar-refractivity contribution in [3.63, 3.8) is 0 Å². The number of nitrogens with zero attached hydrogens (tertiary/aromatic N) is 4. The Bertz CT molecular complexity index is 3160. The van der Waals surface area contributed by atoms with Gasteiger partial charge in [-0.2, -0.15) is 0 Å². The Balaban J connectivity index is 1.21. The summed E-state index contributed by atoms with van der Waals surface area (Å²) in [6, 6.07) is 63.3. The fourth-order valence-corrected chi connectivity index (χ4v) is 7.93. The lowest BCUT2D eigenvalue weighted by atomic mass is 9.99. The Morgan fingerprint density at radius 2 is 1.00 bits per heavy atom. The summed E-state index contributed by atoms with van der Waals surface area (Å²) in [7, 11) is 0. The van der Waals surface area contributed by atoms with Gasteiger partial charge in [-0.05, 0) is 52.7 Å². The van der Waals surface area contributed by atoms with E-state index in [1.165, 1.54) is 16.2 Å². The van der Waals surface area contributed by atoms with E-state index in [9.17, 15) is 0 Å². The number of fused-ring (bicyclic) bond motifs is 7. The van der Waals surface area contributed by atoms with Crippen LogP contribution in [0.15, 0.2) is 186 Å². The van der Waals surface area contributed by atoms with Crippen molar-refractivity contribution in [1.82, 2.24) is 19.5 Å². The molecule has 0 fully saturated rings. The molecule has 0 bridgehead atoms. The lowest BCUT2D eigenvalue weighted by Gasteiger charge is -2.12. The maximum atomic E-state index is 6.84. The summed E-state index contributed by atoms with van der Waals surface area (Å²) in [4.78, 5) is 15.4. The molecule has 0 saturated carbocycles. The van der Waals surface area contributed by atoms with Gasteiger partial charge in [0.15, 0.2) is 17.5 Å². The van der Waals surface area contributed by atoms with Crippen LogP contribution in [-0.2, 0) is 0 Å². The molecule has 0 aliphatic heterocycles. The molecule has 3 heterocycles. The molecule has 11 aromatic rings. The zero-order valence-electron chi connectivity index (χ0n) is 29.0. The minimum atomic E-state index is 0.587. The fraction of sp³-hybridized carbons (Fsp3) is 0. The van der Waals surface area contributed by atoms with E-state index >= 15 is 0 Å². The van der Waals surface area contributed by atoms with Gasteiger partial charge in [0, 0.05) is 49.5 Å². The first-order valence-electron chi connectivity index (χ1n) is 18.1. The van der Waals surface area contributed by atoms with Gasteiger partial charge in [-0.15, -0.1) is 0 Å². The van der Waals surface area contributed by atoms with Gasteiger partial charge in [-0.25, -0.2) is 15.0 Å². The smallest absolute Gasteiger partial charge is 0.164 e. The summed E-state index contributed by atoms with van der Waals surface area (Å²) in [5, 5.41) is 6.68. The molecule has 0 aliphatic carbocycles. The first-order chi connectivity index (χ1) is 26.8. The van der Waals surface area contributed by atoms with Gasteiger partial charge in [-0.1, -0.05) is 146 Å². The summed E-state index contributed by atoms with van der Waals surface area (Å²) in [6.45, 7) is 0. The predicted octanol–water partition coefficient (Wildman–Crippen LogP) is 12.7. The predicted molar refractivity (Wildman–Crippen MR) is 221 cm³/mol. The molecule has 252 valence electrons. The van der Waals surface area contributed by atoms with Crippen LogP contribution >= 0.6 is 0 Å². The van der Waals surface area contributed by atoms with Crippen molar-refractivity contribution in [2.24, 2.45) is 0 Å². The maximum absolute atomic E-state index is 6.84. The van der Waals surface area contributed by atoms with Crippen LogP contribution in [0.4, 0.5) is 0 Å². The van der Waals surface area contributed by atoms with E-state index in [1.807, 2.05) is 48.5 Å². The van der Waals surface area contributed by atoms with Gasteiger partial charge in [-0.3, -0.25) is 0 Å². The Morgan fingerprint density at radius 1 is 0.389 bits per heavy atom. The first kappa shape index (κ1) is 30.3. The SMILES string of the molecule is c1ccc(-c2nc(-c3ccc4ccccc4c3)nc(-c3cccc4oc5c(-c6ccccc6)cc(-n6c7ccccc7c7ccccc76)cc5c34)n2)cc1. The van der Waals surface area contributed by atoms with Crippen LogP contribution in [0, 0.1) is 0 Å². The van der Waals surface area contributed by atoms with Gasteiger partial charge in [0.1, 0.15) is 11.2 Å². The Morgan fingerprint density at radius 3 is 1.74 bits per heavy atom. The average Bonchev–Trinajstić information content (AvgIpc) is 3.80. The van der Waals surface area contributed by atoms with Crippen LogP contribution in [0.25, 0.3) is 105 Å². The molecule has 8 aromatic carbocycles. The second-order valence-electron chi connectivity index (χ2n) is 13.6. The van der Waals surface area contributed by atoms with Crippen molar-refractivity contribution < 1.29 is 4.42 Å². The van der Waals surface area contributed by atoms with Crippen molar-refractivity contribution in [3.05, 3.63) is 182 Å². The zero-order valence-corrected chi connectivity index (χ0v) is 29.0. The fourth-order valence-electron chi connectivity index (χ4n) is 7.93. The van der Waals surface area contributed by atoms with Crippen LogP contribution in [-0.4, -0.2) is 19.5 Å². The van der Waals surface area contributed by atoms with Crippen molar-refractivity contribution in [2.75, 3.05) is 0 Å². The second kappa shape index (κ2) is 12.1. The van der Waals surface area contributed by atoms with Crippen molar-refractivity contribution >= 4 is 54.5 Å². The summed E-state index contributed by atoms with van der Waals surface area (Å²) >= 11 is 0. The van der Waals surface area contributed by atoms with Crippen LogP contribution in [0.1, 0.15) is 0 Å². The minimum absolute atomic E-state index is 0.587. The molecule has 3 aromatic heterocycles. The molecule has 0 N–H and O–H groups in total. The van der Waals surface area contributed by atoms with E-state index in [2.05, 4.69) is 138 Å². The van der Waals surface area contributed by atoms with E-state index in [4.69, 9.17) is 19.4 Å². The summed E-state index contributed by atoms with van der Waals surface area (Å²) < 4.78 is 9.21. The molecule has 0 radical (unpaired) electrons. The highest BCUT2D eigenvalue weighted by molar-refractivity contribution is 6.16. The van der Waals surface area contributed by atoms with Crippen molar-refractivity contribution in [3.8, 4) is 51.0 Å². The lowest BCUT2D eigenvalue weighted by Crippen LogP contribution is -2.00. The molecule has 0 atom stereocenters. The average molecular weight is 691 g/mol. The van der Waals surface area contributed by atoms with E-state index in [0.717, 1.165) is 71.9 Å². The maximum Gasteiger partial charge on any atom is 0.164 e. The number of rotatable bonds is 5. The zero-order chi connectivity index (χ0) is 35.6. The summed E-state index contributed by atoms with van der Waals surface area (Å²) in [6.07, 6.45) is 0. The largest absolute Gasteiger partial charge is 0.455 e. The first-order valence-corrected chi connectivity index (χ1v) is 18.1. The van der Waals surface area contributed by atoms with Gasteiger partial charge in [0.25, 0.3) is 0 Å². The van der Waals surface area contributed by atoms with Crippen LogP contribution in [0.2, 0.25) is 0 Å².